The van der Waals surface area contributed by atoms with Gasteiger partial charge in [0.05, 0.1) is 29.6 Å². The van der Waals surface area contributed by atoms with Crippen LogP contribution in [0.1, 0.15) is 16.1 Å². The number of rotatable bonds is 4. The standard InChI is InChI=1S/C14H12FN3O3/c15-11-4-1-8(14(20)21)5-12(11)18-13(19)6-10-3-2-9(16)7-17-10/h1-5,7H,6,16H2,(H,18,19)(H,20,21). The summed E-state index contributed by atoms with van der Waals surface area (Å²) in [5.74, 6) is -2.42. The fraction of sp³-hybridized carbons (Fsp3) is 0.0714. The van der Waals surface area contributed by atoms with Crippen LogP contribution >= 0.6 is 0 Å². The molecule has 1 amide bonds. The summed E-state index contributed by atoms with van der Waals surface area (Å²) in [6.07, 6.45) is 1.34. The van der Waals surface area contributed by atoms with E-state index in [0.29, 0.717) is 11.4 Å². The number of pyridine rings is 1. The van der Waals surface area contributed by atoms with Crippen molar-refractivity contribution in [1.82, 2.24) is 4.98 Å². The smallest absolute Gasteiger partial charge is 0.335 e. The molecule has 4 N–H and O–H groups in total. The van der Waals surface area contributed by atoms with Crippen molar-refractivity contribution in [3.05, 3.63) is 53.6 Å². The van der Waals surface area contributed by atoms with Gasteiger partial charge in [-0.3, -0.25) is 9.78 Å². The topological polar surface area (TPSA) is 105 Å². The molecular formula is C14H12FN3O3. The number of aromatic nitrogens is 1. The first-order valence-corrected chi connectivity index (χ1v) is 5.99. The fourth-order valence-corrected chi connectivity index (χ4v) is 1.65. The fourth-order valence-electron chi connectivity index (χ4n) is 1.65. The molecule has 0 spiro atoms. The summed E-state index contributed by atoms with van der Waals surface area (Å²) in [6.45, 7) is 0. The number of amides is 1. The molecule has 2 rings (SSSR count). The number of benzene rings is 1. The average Bonchev–Trinajstić information content (AvgIpc) is 2.43. The number of halogens is 1. The van der Waals surface area contributed by atoms with Crippen LogP contribution in [0.25, 0.3) is 0 Å². The first-order valence-electron chi connectivity index (χ1n) is 5.99. The van der Waals surface area contributed by atoms with Crippen molar-refractivity contribution in [2.24, 2.45) is 0 Å². The van der Waals surface area contributed by atoms with Crippen molar-refractivity contribution >= 4 is 23.3 Å². The van der Waals surface area contributed by atoms with Gasteiger partial charge in [0.15, 0.2) is 0 Å². The van der Waals surface area contributed by atoms with Gasteiger partial charge in [0.25, 0.3) is 0 Å². The predicted molar refractivity (Wildman–Crippen MR) is 74.3 cm³/mol. The number of carboxylic acids is 1. The van der Waals surface area contributed by atoms with Crippen LogP contribution in [0.2, 0.25) is 0 Å². The van der Waals surface area contributed by atoms with Gasteiger partial charge < -0.3 is 16.2 Å². The molecule has 0 radical (unpaired) electrons. The second-order valence-electron chi connectivity index (χ2n) is 4.31. The molecule has 7 heteroatoms. The first kappa shape index (κ1) is 14.4. The number of nitrogens with one attached hydrogen (secondary N) is 1. The van der Waals surface area contributed by atoms with E-state index in [1.807, 2.05) is 0 Å². The van der Waals surface area contributed by atoms with E-state index in [2.05, 4.69) is 10.3 Å². The minimum Gasteiger partial charge on any atom is -0.478 e. The summed E-state index contributed by atoms with van der Waals surface area (Å²) in [5.41, 5.74) is 6.12. The molecule has 0 aliphatic carbocycles. The molecule has 1 heterocycles. The third-order valence-electron chi connectivity index (χ3n) is 2.68. The number of carboxylic acid groups (broad SMARTS) is 1. The Hall–Kier alpha value is -2.96. The summed E-state index contributed by atoms with van der Waals surface area (Å²) < 4.78 is 13.5. The molecule has 0 aliphatic heterocycles. The zero-order valence-electron chi connectivity index (χ0n) is 10.8. The van der Waals surface area contributed by atoms with Crippen LogP contribution in [0.3, 0.4) is 0 Å². The Morgan fingerprint density at radius 3 is 2.67 bits per heavy atom. The summed E-state index contributed by atoms with van der Waals surface area (Å²) >= 11 is 0. The van der Waals surface area contributed by atoms with E-state index in [0.717, 1.165) is 18.2 Å². The molecule has 2 aromatic rings. The number of nitrogens with zero attached hydrogens (tertiary/aromatic N) is 1. The second-order valence-corrected chi connectivity index (χ2v) is 4.31. The van der Waals surface area contributed by atoms with E-state index >= 15 is 0 Å². The zero-order chi connectivity index (χ0) is 15.4. The Morgan fingerprint density at radius 1 is 1.29 bits per heavy atom. The van der Waals surface area contributed by atoms with Crippen molar-refractivity contribution in [3.8, 4) is 0 Å². The Labute approximate surface area is 119 Å². The number of hydrogen-bond donors (Lipinski definition) is 3. The number of anilines is 2. The Bertz CT molecular complexity index is 686. The SMILES string of the molecule is Nc1ccc(CC(=O)Nc2cc(C(=O)O)ccc2F)nc1. The van der Waals surface area contributed by atoms with Gasteiger partial charge in [-0.25, -0.2) is 9.18 Å². The quantitative estimate of drug-likeness (QED) is 0.794. The minimum absolute atomic E-state index is 0.0724. The molecular weight excluding hydrogens is 277 g/mol. The lowest BCUT2D eigenvalue weighted by Gasteiger charge is -2.07. The highest BCUT2D eigenvalue weighted by atomic mass is 19.1. The van der Waals surface area contributed by atoms with E-state index < -0.39 is 17.7 Å². The molecule has 1 aromatic carbocycles. The summed E-state index contributed by atoms with van der Waals surface area (Å²) in [6, 6.07) is 6.35. The van der Waals surface area contributed by atoms with E-state index in [9.17, 15) is 14.0 Å². The van der Waals surface area contributed by atoms with E-state index in [4.69, 9.17) is 10.8 Å². The highest BCUT2D eigenvalue weighted by Crippen LogP contribution is 2.16. The highest BCUT2D eigenvalue weighted by molar-refractivity contribution is 5.94. The molecule has 6 nitrogen and oxygen atoms in total. The van der Waals surface area contributed by atoms with Crippen LogP contribution in [0.5, 0.6) is 0 Å². The van der Waals surface area contributed by atoms with Gasteiger partial charge in [0.1, 0.15) is 5.82 Å². The van der Waals surface area contributed by atoms with Gasteiger partial charge >= 0.3 is 5.97 Å². The summed E-state index contributed by atoms with van der Waals surface area (Å²) in [4.78, 5) is 26.6. The largest absolute Gasteiger partial charge is 0.478 e. The van der Waals surface area contributed by atoms with Crippen LogP contribution < -0.4 is 11.1 Å². The van der Waals surface area contributed by atoms with E-state index in [1.54, 1.807) is 12.1 Å². The van der Waals surface area contributed by atoms with Crippen LogP contribution in [-0.4, -0.2) is 22.0 Å². The van der Waals surface area contributed by atoms with Crippen molar-refractivity contribution in [3.63, 3.8) is 0 Å². The van der Waals surface area contributed by atoms with Crippen LogP contribution in [-0.2, 0) is 11.2 Å². The van der Waals surface area contributed by atoms with E-state index in [-0.39, 0.29) is 17.7 Å². The molecule has 0 saturated carbocycles. The molecule has 0 bridgehead atoms. The number of hydrogen-bond acceptors (Lipinski definition) is 4. The predicted octanol–water partition coefficient (Wildman–Crippen LogP) is 1.68. The molecule has 0 fully saturated rings. The average molecular weight is 289 g/mol. The highest BCUT2D eigenvalue weighted by Gasteiger charge is 2.12. The Balaban J connectivity index is 2.10. The van der Waals surface area contributed by atoms with Crippen molar-refractivity contribution in [2.75, 3.05) is 11.1 Å². The van der Waals surface area contributed by atoms with Crippen molar-refractivity contribution in [1.29, 1.82) is 0 Å². The maximum Gasteiger partial charge on any atom is 0.335 e. The molecule has 0 unspecified atom stereocenters. The second kappa shape index (κ2) is 6.00. The van der Waals surface area contributed by atoms with Gasteiger partial charge in [-0.1, -0.05) is 0 Å². The van der Waals surface area contributed by atoms with Gasteiger partial charge in [-0.15, -0.1) is 0 Å². The van der Waals surface area contributed by atoms with E-state index in [1.165, 1.54) is 6.20 Å². The lowest BCUT2D eigenvalue weighted by Crippen LogP contribution is -2.16. The Kier molecular flexibility index (Phi) is 4.13. The normalized spacial score (nSPS) is 10.1. The Morgan fingerprint density at radius 2 is 2.05 bits per heavy atom. The van der Waals surface area contributed by atoms with Gasteiger partial charge in [0.2, 0.25) is 5.91 Å². The van der Waals surface area contributed by atoms with Crippen LogP contribution in [0, 0.1) is 5.82 Å². The lowest BCUT2D eigenvalue weighted by molar-refractivity contribution is -0.115. The minimum atomic E-state index is -1.20. The number of nitrogen functional groups attached to an aromatic ring is 1. The lowest BCUT2D eigenvalue weighted by atomic mass is 10.2. The maximum absolute atomic E-state index is 13.5. The molecule has 0 saturated heterocycles. The van der Waals surface area contributed by atoms with Crippen LogP contribution in [0.4, 0.5) is 15.8 Å². The number of aromatic carboxylic acids is 1. The van der Waals surface area contributed by atoms with Gasteiger partial charge in [-0.05, 0) is 30.3 Å². The monoisotopic (exact) mass is 289 g/mol. The summed E-state index contributed by atoms with van der Waals surface area (Å²) in [7, 11) is 0. The number of carbonyl (C=O) groups excluding carboxylic acids is 1. The van der Waals surface area contributed by atoms with Crippen LogP contribution in [0.15, 0.2) is 36.5 Å². The summed E-state index contributed by atoms with van der Waals surface area (Å²) in [5, 5.41) is 11.2. The van der Waals surface area contributed by atoms with Gasteiger partial charge in [-0.2, -0.15) is 0 Å². The van der Waals surface area contributed by atoms with Gasteiger partial charge in [0, 0.05) is 5.69 Å². The number of carbonyl (C=O) groups is 2. The third kappa shape index (κ3) is 3.75. The third-order valence-corrected chi connectivity index (χ3v) is 2.68. The van der Waals surface area contributed by atoms with Crippen molar-refractivity contribution < 1.29 is 19.1 Å². The maximum atomic E-state index is 13.5. The molecule has 0 aliphatic rings. The molecule has 108 valence electrons. The number of nitrogens with two attached hydrogens (primary N) is 1. The molecule has 1 aromatic heterocycles. The molecule has 0 atom stereocenters. The molecule has 21 heavy (non-hydrogen) atoms. The van der Waals surface area contributed by atoms with Crippen molar-refractivity contribution in [2.45, 2.75) is 6.42 Å². The zero-order valence-corrected chi connectivity index (χ0v) is 10.8. The first-order chi connectivity index (χ1) is 9.95.